The van der Waals surface area contributed by atoms with E-state index in [0.717, 1.165) is 0 Å². The smallest absolute Gasteiger partial charge is 0.232 e. The fourth-order valence-corrected chi connectivity index (χ4v) is 2.05. The van der Waals surface area contributed by atoms with E-state index in [1.165, 1.54) is 4.90 Å². The monoisotopic (exact) mass is 213 g/mol. The molecule has 1 rings (SSSR count). The van der Waals surface area contributed by atoms with Crippen molar-refractivity contribution in [2.75, 3.05) is 6.61 Å². The van der Waals surface area contributed by atoms with Gasteiger partial charge in [-0.25, -0.2) is 0 Å². The zero-order valence-electron chi connectivity index (χ0n) is 9.56. The highest BCUT2D eigenvalue weighted by atomic mass is 16.3. The fourth-order valence-electron chi connectivity index (χ4n) is 2.05. The van der Waals surface area contributed by atoms with Gasteiger partial charge in [-0.05, 0) is 12.3 Å². The summed E-state index contributed by atoms with van der Waals surface area (Å²) in [6.45, 7) is 5.71. The van der Waals surface area contributed by atoms with E-state index in [4.69, 9.17) is 5.11 Å². The summed E-state index contributed by atoms with van der Waals surface area (Å²) in [5.74, 6) is -0.195. The van der Waals surface area contributed by atoms with Crippen LogP contribution in [0, 0.1) is 11.8 Å². The average Bonchev–Trinajstić information content (AvgIpc) is 2.38. The van der Waals surface area contributed by atoms with Gasteiger partial charge in [0.25, 0.3) is 0 Å². The number of imide groups is 1. The Bertz CT molecular complexity index is 263. The van der Waals surface area contributed by atoms with Crippen LogP contribution < -0.4 is 0 Å². The summed E-state index contributed by atoms with van der Waals surface area (Å²) in [5, 5.41) is 8.94. The quantitative estimate of drug-likeness (QED) is 0.702. The minimum absolute atomic E-state index is 0.00822. The first kappa shape index (κ1) is 12.2. The van der Waals surface area contributed by atoms with Crippen LogP contribution in [0.2, 0.25) is 0 Å². The number of carbonyl (C=O) groups is 2. The minimum atomic E-state index is -0.197. The van der Waals surface area contributed by atoms with Gasteiger partial charge < -0.3 is 5.11 Å². The molecular weight excluding hydrogens is 194 g/mol. The minimum Gasteiger partial charge on any atom is -0.396 e. The van der Waals surface area contributed by atoms with Crippen molar-refractivity contribution < 1.29 is 14.7 Å². The van der Waals surface area contributed by atoms with Gasteiger partial charge >= 0.3 is 0 Å². The van der Waals surface area contributed by atoms with Crippen LogP contribution in [-0.2, 0) is 9.59 Å². The molecule has 0 spiro atoms. The molecule has 0 aromatic carbocycles. The normalized spacial score (nSPS) is 24.1. The molecule has 1 aliphatic heterocycles. The maximum atomic E-state index is 11.8. The van der Waals surface area contributed by atoms with Crippen molar-refractivity contribution in [3.8, 4) is 0 Å². The van der Waals surface area contributed by atoms with Gasteiger partial charge in [-0.2, -0.15) is 0 Å². The van der Waals surface area contributed by atoms with Crippen molar-refractivity contribution in [3.05, 3.63) is 0 Å². The van der Waals surface area contributed by atoms with Crippen molar-refractivity contribution in [3.63, 3.8) is 0 Å². The van der Waals surface area contributed by atoms with Crippen molar-refractivity contribution >= 4 is 11.8 Å². The molecular formula is C11H19NO3. The predicted octanol–water partition coefficient (Wildman–Crippen LogP) is 0.788. The van der Waals surface area contributed by atoms with Gasteiger partial charge in [0.1, 0.15) is 0 Å². The number of hydrogen-bond acceptors (Lipinski definition) is 3. The molecule has 4 heteroatoms. The second kappa shape index (κ2) is 4.75. The first-order valence-electron chi connectivity index (χ1n) is 5.45. The van der Waals surface area contributed by atoms with Gasteiger partial charge in [0.05, 0.1) is 0 Å². The van der Waals surface area contributed by atoms with E-state index >= 15 is 0 Å². The summed E-state index contributed by atoms with van der Waals surface area (Å²) >= 11 is 0. The van der Waals surface area contributed by atoms with Crippen LogP contribution in [0.25, 0.3) is 0 Å². The molecule has 1 aliphatic rings. The second-order valence-corrected chi connectivity index (χ2v) is 4.53. The van der Waals surface area contributed by atoms with E-state index in [0.29, 0.717) is 12.8 Å². The number of likely N-dealkylation sites (tertiary alicyclic amines) is 1. The highest BCUT2D eigenvalue weighted by molar-refractivity contribution is 6.03. The Kier molecular flexibility index (Phi) is 3.85. The molecule has 1 fully saturated rings. The Morgan fingerprint density at radius 3 is 2.40 bits per heavy atom. The van der Waals surface area contributed by atoms with Crippen molar-refractivity contribution in [1.29, 1.82) is 0 Å². The predicted molar refractivity (Wildman–Crippen MR) is 56.0 cm³/mol. The van der Waals surface area contributed by atoms with Crippen LogP contribution in [-0.4, -0.2) is 34.5 Å². The molecule has 4 nitrogen and oxygen atoms in total. The number of aliphatic hydroxyl groups is 1. The standard InChI is InChI=1S/C11H19NO3/c1-7(2)9(4-5-13)12-10(14)6-8(3)11(12)15/h7-9,13H,4-6H2,1-3H3. The SMILES string of the molecule is CC1CC(=O)N(C(CCO)C(C)C)C1=O. The van der Waals surface area contributed by atoms with Crippen LogP contribution in [0.5, 0.6) is 0 Å². The van der Waals surface area contributed by atoms with Crippen molar-refractivity contribution in [2.45, 2.75) is 39.7 Å². The second-order valence-electron chi connectivity index (χ2n) is 4.53. The lowest BCUT2D eigenvalue weighted by Crippen LogP contribution is -2.43. The summed E-state index contributed by atoms with van der Waals surface area (Å²) in [7, 11) is 0. The first-order valence-corrected chi connectivity index (χ1v) is 5.45. The number of amides is 2. The lowest BCUT2D eigenvalue weighted by molar-refractivity contribution is -0.143. The van der Waals surface area contributed by atoms with Gasteiger partial charge in [-0.15, -0.1) is 0 Å². The molecule has 2 atom stereocenters. The van der Waals surface area contributed by atoms with Crippen LogP contribution in [0.4, 0.5) is 0 Å². The van der Waals surface area contributed by atoms with E-state index in [-0.39, 0.29) is 36.3 Å². The zero-order valence-corrected chi connectivity index (χ0v) is 9.56. The summed E-state index contributed by atoms with van der Waals surface area (Å²) in [5.41, 5.74) is 0. The van der Waals surface area contributed by atoms with E-state index in [2.05, 4.69) is 0 Å². The van der Waals surface area contributed by atoms with Crippen LogP contribution in [0.1, 0.15) is 33.6 Å². The Morgan fingerprint density at radius 1 is 1.47 bits per heavy atom. The first-order chi connectivity index (χ1) is 6.99. The summed E-state index contributed by atoms with van der Waals surface area (Å²) in [6, 6.07) is -0.153. The third kappa shape index (κ3) is 2.37. The summed E-state index contributed by atoms with van der Waals surface area (Å²) in [6.07, 6.45) is 0.787. The van der Waals surface area contributed by atoms with Crippen molar-refractivity contribution in [2.24, 2.45) is 11.8 Å². The molecule has 1 saturated heterocycles. The van der Waals surface area contributed by atoms with E-state index in [9.17, 15) is 9.59 Å². The van der Waals surface area contributed by atoms with Gasteiger partial charge in [0.15, 0.2) is 0 Å². The van der Waals surface area contributed by atoms with E-state index in [1.54, 1.807) is 6.92 Å². The molecule has 2 amide bonds. The summed E-state index contributed by atoms with van der Waals surface area (Å²) in [4.78, 5) is 24.8. The van der Waals surface area contributed by atoms with Crippen LogP contribution in [0.15, 0.2) is 0 Å². The van der Waals surface area contributed by atoms with Crippen LogP contribution in [0.3, 0.4) is 0 Å². The lowest BCUT2D eigenvalue weighted by atomic mass is 9.99. The molecule has 0 aromatic heterocycles. The highest BCUT2D eigenvalue weighted by Gasteiger charge is 2.40. The van der Waals surface area contributed by atoms with Gasteiger partial charge in [0.2, 0.25) is 11.8 Å². The fraction of sp³-hybridized carbons (Fsp3) is 0.818. The molecule has 0 radical (unpaired) electrons. The Balaban J connectivity index is 2.83. The van der Waals surface area contributed by atoms with Crippen molar-refractivity contribution in [1.82, 2.24) is 4.90 Å². The van der Waals surface area contributed by atoms with E-state index < -0.39 is 0 Å². The number of rotatable bonds is 4. The molecule has 86 valence electrons. The number of carbonyl (C=O) groups excluding carboxylic acids is 2. The Morgan fingerprint density at radius 2 is 2.07 bits per heavy atom. The van der Waals surface area contributed by atoms with E-state index in [1.807, 2.05) is 13.8 Å². The molecule has 0 aromatic rings. The topological polar surface area (TPSA) is 57.6 Å². The highest BCUT2D eigenvalue weighted by Crippen LogP contribution is 2.25. The number of aliphatic hydroxyl groups excluding tert-OH is 1. The third-order valence-corrected chi connectivity index (χ3v) is 2.93. The molecule has 1 N–H and O–H groups in total. The zero-order chi connectivity index (χ0) is 11.6. The maximum absolute atomic E-state index is 11.8. The molecule has 15 heavy (non-hydrogen) atoms. The molecule has 1 heterocycles. The van der Waals surface area contributed by atoms with Gasteiger partial charge in [-0.3, -0.25) is 14.5 Å². The number of hydrogen-bond donors (Lipinski definition) is 1. The van der Waals surface area contributed by atoms with Gasteiger partial charge in [0, 0.05) is 25.0 Å². The Hall–Kier alpha value is -0.900. The largest absolute Gasteiger partial charge is 0.396 e. The number of nitrogens with zero attached hydrogens (tertiary/aromatic N) is 1. The lowest BCUT2D eigenvalue weighted by Gasteiger charge is -2.29. The molecule has 0 bridgehead atoms. The Labute approximate surface area is 90.3 Å². The molecule has 0 aliphatic carbocycles. The average molecular weight is 213 g/mol. The molecule has 0 saturated carbocycles. The maximum Gasteiger partial charge on any atom is 0.232 e. The molecule has 2 unspecified atom stereocenters. The third-order valence-electron chi connectivity index (χ3n) is 2.93. The van der Waals surface area contributed by atoms with Gasteiger partial charge in [-0.1, -0.05) is 20.8 Å². The summed E-state index contributed by atoms with van der Waals surface area (Å²) < 4.78 is 0. The van der Waals surface area contributed by atoms with Crippen LogP contribution >= 0.6 is 0 Å².